The van der Waals surface area contributed by atoms with Crippen molar-refractivity contribution in [3.05, 3.63) is 182 Å². The Labute approximate surface area is 325 Å². The second kappa shape index (κ2) is 12.3. The van der Waals surface area contributed by atoms with E-state index in [0.29, 0.717) is 17.5 Å². The molecule has 0 N–H and O–H groups in total. The first-order valence-corrected chi connectivity index (χ1v) is 19.0. The Morgan fingerprint density at radius 2 is 0.877 bits per heavy atom. The first-order chi connectivity index (χ1) is 28.2. The molecule has 0 amide bonds. The number of para-hydroxylation sites is 3. The van der Waals surface area contributed by atoms with E-state index in [1.54, 1.807) is 0 Å². The lowest BCUT2D eigenvalue weighted by Gasteiger charge is -2.09. The van der Waals surface area contributed by atoms with Crippen molar-refractivity contribution in [2.24, 2.45) is 0 Å². The van der Waals surface area contributed by atoms with Crippen molar-refractivity contribution in [3.63, 3.8) is 0 Å². The van der Waals surface area contributed by atoms with Crippen LogP contribution in [0, 0.1) is 0 Å². The molecule has 57 heavy (non-hydrogen) atoms. The summed E-state index contributed by atoms with van der Waals surface area (Å²) in [7, 11) is 0. The second-order valence-electron chi connectivity index (χ2n) is 14.4. The molecule has 0 atom stereocenters. The van der Waals surface area contributed by atoms with Crippen LogP contribution in [0.1, 0.15) is 0 Å². The quantitative estimate of drug-likeness (QED) is 0.176. The van der Waals surface area contributed by atoms with Crippen molar-refractivity contribution < 1.29 is 8.83 Å². The average Bonchev–Trinajstić information content (AvgIpc) is 3.95. The van der Waals surface area contributed by atoms with E-state index in [-0.39, 0.29) is 0 Å². The number of aromatic nitrogens is 4. The van der Waals surface area contributed by atoms with Crippen LogP contribution in [0.3, 0.4) is 0 Å². The Bertz CT molecular complexity index is 3530. The Kier molecular flexibility index (Phi) is 6.83. The summed E-state index contributed by atoms with van der Waals surface area (Å²) >= 11 is 0. The topological polar surface area (TPSA) is 69.9 Å². The first kappa shape index (κ1) is 31.5. The van der Waals surface area contributed by atoms with E-state index in [4.69, 9.17) is 23.8 Å². The highest BCUT2D eigenvalue weighted by atomic mass is 16.3. The average molecular weight is 731 g/mol. The summed E-state index contributed by atoms with van der Waals surface area (Å²) in [6, 6.07) is 62.8. The Morgan fingerprint density at radius 3 is 1.67 bits per heavy atom. The predicted octanol–water partition coefficient (Wildman–Crippen LogP) is 13.4. The van der Waals surface area contributed by atoms with Crippen molar-refractivity contribution in [1.29, 1.82) is 0 Å². The summed E-state index contributed by atoms with van der Waals surface area (Å²) < 4.78 is 15.2. The molecule has 12 rings (SSSR count). The van der Waals surface area contributed by atoms with E-state index in [1.165, 1.54) is 21.8 Å². The van der Waals surface area contributed by atoms with Crippen LogP contribution in [0.15, 0.2) is 191 Å². The summed E-state index contributed by atoms with van der Waals surface area (Å²) in [6.07, 6.45) is 0. The van der Waals surface area contributed by atoms with Crippen LogP contribution in [0.2, 0.25) is 0 Å². The van der Waals surface area contributed by atoms with Gasteiger partial charge in [-0.3, -0.25) is 0 Å². The lowest BCUT2D eigenvalue weighted by Crippen LogP contribution is -2.00. The molecule has 266 valence electrons. The SMILES string of the molecule is c1ccc(-c2nc(-c3ccc4c(c3)oc3ccccc34)nc(-c3ccc4oc5cc(-c6cccc7c6c6ccccc6n7-c6ccccc6)ccc5c4c3)n2)cc1. The molecule has 0 unspecified atom stereocenters. The minimum absolute atomic E-state index is 0.575. The number of hydrogen-bond donors (Lipinski definition) is 0. The lowest BCUT2D eigenvalue weighted by molar-refractivity contribution is 0.668. The molecule has 4 aromatic heterocycles. The van der Waals surface area contributed by atoms with Crippen molar-refractivity contribution in [2.45, 2.75) is 0 Å². The number of nitrogens with zero attached hydrogens (tertiary/aromatic N) is 4. The van der Waals surface area contributed by atoms with E-state index in [9.17, 15) is 0 Å². The number of rotatable bonds is 5. The van der Waals surface area contributed by atoms with Gasteiger partial charge in [0.25, 0.3) is 0 Å². The van der Waals surface area contributed by atoms with Gasteiger partial charge in [0.15, 0.2) is 17.5 Å². The van der Waals surface area contributed by atoms with Gasteiger partial charge in [0, 0.05) is 54.7 Å². The molecule has 8 aromatic carbocycles. The van der Waals surface area contributed by atoms with Gasteiger partial charge in [-0.15, -0.1) is 0 Å². The maximum absolute atomic E-state index is 6.56. The highest BCUT2D eigenvalue weighted by Gasteiger charge is 2.19. The molecule has 0 aliphatic rings. The fraction of sp³-hybridized carbons (Fsp3) is 0. The Hall–Kier alpha value is -7.83. The molecule has 0 fully saturated rings. The van der Waals surface area contributed by atoms with Crippen LogP contribution in [0.25, 0.3) is 117 Å². The van der Waals surface area contributed by atoms with Crippen molar-refractivity contribution in [1.82, 2.24) is 19.5 Å². The van der Waals surface area contributed by atoms with Gasteiger partial charge < -0.3 is 13.4 Å². The molecular weight excluding hydrogens is 701 g/mol. The molecule has 0 aliphatic carbocycles. The first-order valence-electron chi connectivity index (χ1n) is 19.0. The van der Waals surface area contributed by atoms with E-state index < -0.39 is 0 Å². The van der Waals surface area contributed by atoms with Gasteiger partial charge in [0.1, 0.15) is 22.3 Å². The summed E-state index contributed by atoms with van der Waals surface area (Å²) in [5.41, 5.74) is 11.6. The maximum atomic E-state index is 6.56. The second-order valence-corrected chi connectivity index (χ2v) is 14.4. The lowest BCUT2D eigenvalue weighted by atomic mass is 9.98. The molecule has 0 radical (unpaired) electrons. The summed E-state index contributed by atoms with van der Waals surface area (Å²) in [5.74, 6) is 1.76. The third-order valence-electron chi connectivity index (χ3n) is 11.1. The fourth-order valence-corrected chi connectivity index (χ4v) is 8.41. The van der Waals surface area contributed by atoms with E-state index >= 15 is 0 Å². The van der Waals surface area contributed by atoms with Gasteiger partial charge in [-0.1, -0.05) is 109 Å². The standard InChI is InChI=1S/C51H30N4O2/c1-3-12-31(13-4-1)49-52-50(54-51(53-49)34-23-26-38-37-16-8-10-21-44(37)56-47(38)30-34)33-24-27-45-41(28-33)39-25-22-32(29-46(39)57-45)36-18-11-20-43-48(36)40-17-7-9-19-42(40)55(43)35-14-5-2-6-15-35/h1-30H. The Balaban J connectivity index is 0.989. The van der Waals surface area contributed by atoms with Gasteiger partial charge in [-0.2, -0.15) is 0 Å². The van der Waals surface area contributed by atoms with Gasteiger partial charge in [0.2, 0.25) is 0 Å². The largest absolute Gasteiger partial charge is 0.456 e. The molecular formula is C51H30N4O2. The molecule has 0 saturated heterocycles. The highest BCUT2D eigenvalue weighted by Crippen LogP contribution is 2.41. The zero-order valence-electron chi connectivity index (χ0n) is 30.4. The third-order valence-corrected chi connectivity index (χ3v) is 11.1. The number of fused-ring (bicyclic) bond motifs is 9. The molecule has 6 nitrogen and oxygen atoms in total. The van der Waals surface area contributed by atoms with Gasteiger partial charge in [0.05, 0.1) is 11.0 Å². The number of hydrogen-bond acceptors (Lipinski definition) is 5. The van der Waals surface area contributed by atoms with E-state index in [2.05, 4.69) is 120 Å². The minimum atomic E-state index is 0.575. The van der Waals surface area contributed by atoms with Crippen LogP contribution in [-0.4, -0.2) is 19.5 Å². The summed E-state index contributed by atoms with van der Waals surface area (Å²) in [5, 5.41) is 6.60. The van der Waals surface area contributed by atoms with Crippen molar-refractivity contribution in [2.75, 3.05) is 0 Å². The third kappa shape index (κ3) is 5.01. The normalized spacial score (nSPS) is 11.9. The van der Waals surface area contributed by atoms with Gasteiger partial charge in [-0.25, -0.2) is 15.0 Å². The minimum Gasteiger partial charge on any atom is -0.456 e. The molecule has 0 spiro atoms. The number of benzene rings is 8. The van der Waals surface area contributed by atoms with Gasteiger partial charge in [-0.05, 0) is 83.9 Å². The summed E-state index contributed by atoms with van der Waals surface area (Å²) in [6.45, 7) is 0. The predicted molar refractivity (Wildman–Crippen MR) is 230 cm³/mol. The van der Waals surface area contributed by atoms with Crippen LogP contribution in [0.5, 0.6) is 0 Å². The molecule has 0 saturated carbocycles. The monoisotopic (exact) mass is 730 g/mol. The van der Waals surface area contributed by atoms with Crippen LogP contribution in [0.4, 0.5) is 0 Å². The van der Waals surface area contributed by atoms with E-state index in [0.717, 1.165) is 77.4 Å². The fourth-order valence-electron chi connectivity index (χ4n) is 8.41. The Morgan fingerprint density at radius 1 is 0.333 bits per heavy atom. The molecule has 0 bridgehead atoms. The van der Waals surface area contributed by atoms with Crippen molar-refractivity contribution in [3.8, 4) is 51.0 Å². The molecule has 12 aromatic rings. The summed E-state index contributed by atoms with van der Waals surface area (Å²) in [4.78, 5) is 15.1. The van der Waals surface area contributed by atoms with Gasteiger partial charge >= 0.3 is 0 Å². The molecule has 6 heteroatoms. The molecule has 0 aliphatic heterocycles. The van der Waals surface area contributed by atoms with E-state index in [1.807, 2.05) is 66.7 Å². The molecule has 4 heterocycles. The maximum Gasteiger partial charge on any atom is 0.164 e. The van der Waals surface area contributed by atoms with Crippen LogP contribution in [-0.2, 0) is 0 Å². The zero-order chi connectivity index (χ0) is 37.5. The van der Waals surface area contributed by atoms with Crippen LogP contribution >= 0.6 is 0 Å². The number of furan rings is 2. The van der Waals surface area contributed by atoms with Crippen LogP contribution < -0.4 is 0 Å². The zero-order valence-corrected chi connectivity index (χ0v) is 30.4. The van der Waals surface area contributed by atoms with Crippen molar-refractivity contribution >= 4 is 65.7 Å². The smallest absolute Gasteiger partial charge is 0.164 e. The highest BCUT2D eigenvalue weighted by molar-refractivity contribution is 6.16.